The van der Waals surface area contributed by atoms with Gasteiger partial charge in [0, 0.05) is 44.8 Å². The van der Waals surface area contributed by atoms with Gasteiger partial charge in [0.2, 0.25) is 0 Å². The first-order chi connectivity index (χ1) is 10.3. The molecular weight excluding hydrogens is 298 g/mol. The lowest BCUT2D eigenvalue weighted by molar-refractivity contribution is 0.0786. The number of ether oxygens (including phenoxy) is 1. The molecule has 3 rings (SSSR count). The van der Waals surface area contributed by atoms with Crippen LogP contribution in [0, 0.1) is 0 Å². The quantitative estimate of drug-likeness (QED) is 0.918. The van der Waals surface area contributed by atoms with E-state index in [-0.39, 0.29) is 12.4 Å². The molecule has 2 heterocycles. The zero-order valence-electron chi connectivity index (χ0n) is 13.6. The predicted octanol–water partition coefficient (Wildman–Crippen LogP) is 2.16. The largest absolute Gasteiger partial charge is 0.497 e. The van der Waals surface area contributed by atoms with Crippen molar-refractivity contribution in [3.63, 3.8) is 0 Å². The minimum absolute atomic E-state index is 0. The molecular formula is C17H28ClN3O. The van der Waals surface area contributed by atoms with Gasteiger partial charge in [-0.25, -0.2) is 0 Å². The molecule has 0 radical (unpaired) electrons. The van der Waals surface area contributed by atoms with Crippen LogP contribution in [0.1, 0.15) is 24.9 Å². The second-order valence-electron chi connectivity index (χ2n) is 6.17. The molecule has 5 heteroatoms. The lowest BCUT2D eigenvalue weighted by Crippen LogP contribution is -2.51. The Hall–Kier alpha value is -0.810. The van der Waals surface area contributed by atoms with Crippen LogP contribution < -0.4 is 10.1 Å². The fourth-order valence-electron chi connectivity index (χ4n) is 3.55. The SMILES string of the molecule is COc1cccc(C(C)N2CCN(C3CCNC3)CC2)c1.Cl. The Bertz CT molecular complexity index is 457. The highest BCUT2D eigenvalue weighted by Crippen LogP contribution is 2.25. The molecule has 0 saturated carbocycles. The molecule has 2 atom stereocenters. The number of hydrogen-bond donors (Lipinski definition) is 1. The van der Waals surface area contributed by atoms with E-state index in [0.29, 0.717) is 6.04 Å². The Morgan fingerprint density at radius 1 is 1.23 bits per heavy atom. The number of halogens is 1. The molecule has 2 saturated heterocycles. The monoisotopic (exact) mass is 325 g/mol. The van der Waals surface area contributed by atoms with Gasteiger partial charge in [0.1, 0.15) is 5.75 Å². The molecule has 0 amide bonds. The normalized spacial score (nSPS) is 24.7. The third-order valence-corrected chi connectivity index (χ3v) is 5.02. The van der Waals surface area contributed by atoms with E-state index in [1.54, 1.807) is 7.11 Å². The molecule has 4 nitrogen and oxygen atoms in total. The van der Waals surface area contributed by atoms with Crippen molar-refractivity contribution in [1.29, 1.82) is 0 Å². The smallest absolute Gasteiger partial charge is 0.119 e. The number of nitrogens with one attached hydrogen (secondary N) is 1. The van der Waals surface area contributed by atoms with Crippen LogP contribution in [0.25, 0.3) is 0 Å². The molecule has 1 aromatic rings. The van der Waals surface area contributed by atoms with Crippen LogP contribution in [0.15, 0.2) is 24.3 Å². The summed E-state index contributed by atoms with van der Waals surface area (Å²) >= 11 is 0. The molecule has 0 aliphatic carbocycles. The Morgan fingerprint density at radius 2 is 2.00 bits per heavy atom. The average molecular weight is 326 g/mol. The Labute approximate surface area is 140 Å². The van der Waals surface area contributed by atoms with E-state index < -0.39 is 0 Å². The first-order valence-electron chi connectivity index (χ1n) is 8.10. The molecule has 2 aliphatic rings. The van der Waals surface area contributed by atoms with Gasteiger partial charge in [0.25, 0.3) is 0 Å². The molecule has 2 aliphatic heterocycles. The van der Waals surface area contributed by atoms with Gasteiger partial charge in [-0.1, -0.05) is 12.1 Å². The van der Waals surface area contributed by atoms with Crippen LogP contribution >= 0.6 is 12.4 Å². The summed E-state index contributed by atoms with van der Waals surface area (Å²) in [7, 11) is 1.73. The third-order valence-electron chi connectivity index (χ3n) is 5.02. The number of benzene rings is 1. The fourth-order valence-corrected chi connectivity index (χ4v) is 3.55. The standard InChI is InChI=1S/C17H27N3O.ClH/c1-14(15-4-3-5-17(12-15)21-2)19-8-10-20(11-9-19)16-6-7-18-13-16;/h3-5,12,14,16,18H,6-11,13H2,1-2H3;1H. The topological polar surface area (TPSA) is 27.7 Å². The summed E-state index contributed by atoms with van der Waals surface area (Å²) in [5, 5.41) is 3.47. The summed E-state index contributed by atoms with van der Waals surface area (Å²) < 4.78 is 5.34. The van der Waals surface area contributed by atoms with E-state index in [1.807, 2.05) is 6.07 Å². The summed E-state index contributed by atoms with van der Waals surface area (Å²) in [6.07, 6.45) is 1.31. The van der Waals surface area contributed by atoms with E-state index in [2.05, 4.69) is 40.2 Å². The van der Waals surface area contributed by atoms with Crippen molar-refractivity contribution in [3.8, 4) is 5.75 Å². The molecule has 1 aromatic carbocycles. The molecule has 0 spiro atoms. The summed E-state index contributed by atoms with van der Waals surface area (Å²) in [6.45, 7) is 9.38. The summed E-state index contributed by atoms with van der Waals surface area (Å²) in [6, 6.07) is 9.70. The predicted molar refractivity (Wildman–Crippen MR) is 93.1 cm³/mol. The molecule has 2 unspecified atom stereocenters. The number of nitrogens with zero attached hydrogens (tertiary/aromatic N) is 2. The average Bonchev–Trinajstić information content (AvgIpc) is 3.09. The summed E-state index contributed by atoms with van der Waals surface area (Å²) in [5.41, 5.74) is 1.35. The van der Waals surface area contributed by atoms with Crippen LogP contribution in [0.4, 0.5) is 0 Å². The van der Waals surface area contributed by atoms with Crippen LogP contribution in [-0.4, -0.2) is 62.2 Å². The van der Waals surface area contributed by atoms with Gasteiger partial charge in [0.15, 0.2) is 0 Å². The van der Waals surface area contributed by atoms with Crippen molar-refractivity contribution in [2.45, 2.75) is 25.4 Å². The van der Waals surface area contributed by atoms with Crippen molar-refractivity contribution in [2.75, 3.05) is 46.4 Å². The zero-order valence-corrected chi connectivity index (χ0v) is 14.4. The second kappa shape index (κ2) is 8.16. The molecule has 2 fully saturated rings. The van der Waals surface area contributed by atoms with Gasteiger partial charge in [0.05, 0.1) is 7.11 Å². The van der Waals surface area contributed by atoms with Crippen molar-refractivity contribution >= 4 is 12.4 Å². The van der Waals surface area contributed by atoms with Gasteiger partial charge >= 0.3 is 0 Å². The van der Waals surface area contributed by atoms with Crippen molar-refractivity contribution in [2.24, 2.45) is 0 Å². The molecule has 1 N–H and O–H groups in total. The van der Waals surface area contributed by atoms with Crippen molar-refractivity contribution in [3.05, 3.63) is 29.8 Å². The van der Waals surface area contributed by atoms with E-state index >= 15 is 0 Å². The highest BCUT2D eigenvalue weighted by Gasteiger charge is 2.28. The second-order valence-corrected chi connectivity index (χ2v) is 6.17. The van der Waals surface area contributed by atoms with E-state index in [1.165, 1.54) is 38.2 Å². The third kappa shape index (κ3) is 3.93. The van der Waals surface area contributed by atoms with Crippen LogP contribution in [-0.2, 0) is 0 Å². The molecule has 0 aromatic heterocycles. The number of hydrogen-bond acceptors (Lipinski definition) is 4. The highest BCUT2D eigenvalue weighted by molar-refractivity contribution is 5.85. The van der Waals surface area contributed by atoms with Gasteiger partial charge < -0.3 is 10.1 Å². The first-order valence-corrected chi connectivity index (χ1v) is 8.10. The Balaban J connectivity index is 0.00000176. The Kier molecular flexibility index (Phi) is 6.50. The van der Waals surface area contributed by atoms with E-state index in [4.69, 9.17) is 4.74 Å². The Morgan fingerprint density at radius 3 is 2.64 bits per heavy atom. The number of methoxy groups -OCH3 is 1. The lowest BCUT2D eigenvalue weighted by atomic mass is 10.1. The van der Waals surface area contributed by atoms with Gasteiger partial charge in [-0.3, -0.25) is 9.80 Å². The highest BCUT2D eigenvalue weighted by atomic mass is 35.5. The first kappa shape index (κ1) is 17.5. The summed E-state index contributed by atoms with van der Waals surface area (Å²) in [4.78, 5) is 5.25. The maximum Gasteiger partial charge on any atom is 0.119 e. The summed E-state index contributed by atoms with van der Waals surface area (Å²) in [5.74, 6) is 0.954. The van der Waals surface area contributed by atoms with E-state index in [0.717, 1.165) is 24.9 Å². The van der Waals surface area contributed by atoms with Crippen LogP contribution in [0.3, 0.4) is 0 Å². The minimum atomic E-state index is 0. The zero-order chi connectivity index (χ0) is 14.7. The lowest BCUT2D eigenvalue weighted by Gasteiger charge is -2.40. The molecule has 124 valence electrons. The van der Waals surface area contributed by atoms with Gasteiger partial charge in [-0.2, -0.15) is 0 Å². The van der Waals surface area contributed by atoms with Crippen molar-refractivity contribution in [1.82, 2.24) is 15.1 Å². The maximum absolute atomic E-state index is 5.34. The molecule has 0 bridgehead atoms. The van der Waals surface area contributed by atoms with Crippen LogP contribution in [0.2, 0.25) is 0 Å². The molecule has 22 heavy (non-hydrogen) atoms. The van der Waals surface area contributed by atoms with Crippen molar-refractivity contribution < 1.29 is 4.74 Å². The minimum Gasteiger partial charge on any atom is -0.497 e. The fraction of sp³-hybridized carbons (Fsp3) is 0.647. The number of rotatable bonds is 4. The van der Waals surface area contributed by atoms with Crippen LogP contribution in [0.5, 0.6) is 5.75 Å². The van der Waals surface area contributed by atoms with Gasteiger partial charge in [-0.05, 0) is 37.6 Å². The van der Waals surface area contributed by atoms with Gasteiger partial charge in [-0.15, -0.1) is 12.4 Å². The van der Waals surface area contributed by atoms with E-state index in [9.17, 15) is 0 Å². The maximum atomic E-state index is 5.34. The number of piperazine rings is 1.